The Morgan fingerprint density at radius 3 is 2.30 bits per heavy atom. The highest BCUT2D eigenvalue weighted by Gasteiger charge is 2.30. The first-order valence-corrected chi connectivity index (χ1v) is 10.6. The maximum Gasteiger partial charge on any atom is 0.270 e. The Morgan fingerprint density at radius 1 is 0.933 bits per heavy atom. The Bertz CT molecular complexity index is 999. The SMILES string of the molecule is Cc1ccc(Cl)cc1N1CCN(C(=O)C2=NN(c3ccc(Cl)cc3)C(=O)CC2)CC1. The fourth-order valence-electron chi connectivity index (χ4n) is 3.75. The average Bonchev–Trinajstić information content (AvgIpc) is 2.76. The number of anilines is 2. The highest BCUT2D eigenvalue weighted by molar-refractivity contribution is 6.40. The summed E-state index contributed by atoms with van der Waals surface area (Å²) in [5.74, 6) is -0.237. The number of carbonyl (C=O) groups is 2. The van der Waals surface area contributed by atoms with Gasteiger partial charge in [-0.25, -0.2) is 5.01 Å². The summed E-state index contributed by atoms with van der Waals surface area (Å²) >= 11 is 12.1. The zero-order valence-electron chi connectivity index (χ0n) is 16.6. The van der Waals surface area contributed by atoms with Gasteiger partial charge in [-0.15, -0.1) is 0 Å². The van der Waals surface area contributed by atoms with Crippen LogP contribution in [0.15, 0.2) is 47.6 Å². The van der Waals surface area contributed by atoms with Crippen molar-refractivity contribution in [2.45, 2.75) is 19.8 Å². The summed E-state index contributed by atoms with van der Waals surface area (Å²) in [6.07, 6.45) is 0.615. The molecule has 0 saturated carbocycles. The smallest absolute Gasteiger partial charge is 0.270 e. The summed E-state index contributed by atoms with van der Waals surface area (Å²) in [5.41, 5.74) is 3.28. The number of rotatable bonds is 3. The van der Waals surface area contributed by atoms with Gasteiger partial charge in [0.2, 0.25) is 5.91 Å². The third kappa shape index (κ3) is 4.30. The van der Waals surface area contributed by atoms with Crippen molar-refractivity contribution in [1.82, 2.24) is 4.90 Å². The minimum Gasteiger partial charge on any atom is -0.368 e. The van der Waals surface area contributed by atoms with Gasteiger partial charge in [0.1, 0.15) is 5.71 Å². The second-order valence-electron chi connectivity index (χ2n) is 7.44. The van der Waals surface area contributed by atoms with Crippen LogP contribution in [0.25, 0.3) is 0 Å². The molecular formula is C22H22Cl2N4O2. The van der Waals surface area contributed by atoms with Crippen molar-refractivity contribution < 1.29 is 9.59 Å². The lowest BCUT2D eigenvalue weighted by atomic mass is 10.1. The highest BCUT2D eigenvalue weighted by atomic mass is 35.5. The van der Waals surface area contributed by atoms with E-state index < -0.39 is 0 Å². The number of aryl methyl sites for hydroxylation is 1. The van der Waals surface area contributed by atoms with Crippen molar-refractivity contribution >= 4 is 52.1 Å². The van der Waals surface area contributed by atoms with Gasteiger partial charge in [-0.1, -0.05) is 29.3 Å². The Labute approximate surface area is 185 Å². The van der Waals surface area contributed by atoms with Crippen molar-refractivity contribution in [1.29, 1.82) is 0 Å². The minimum absolute atomic E-state index is 0.107. The van der Waals surface area contributed by atoms with Crippen LogP contribution in [0.1, 0.15) is 18.4 Å². The molecule has 1 saturated heterocycles. The lowest BCUT2D eigenvalue weighted by Crippen LogP contribution is -2.51. The number of benzene rings is 2. The number of hydrogen-bond donors (Lipinski definition) is 0. The minimum atomic E-state index is -0.130. The van der Waals surface area contributed by atoms with Crippen LogP contribution in [0.2, 0.25) is 10.0 Å². The Hall–Kier alpha value is -2.57. The topological polar surface area (TPSA) is 56.2 Å². The lowest BCUT2D eigenvalue weighted by molar-refractivity contribution is -0.124. The van der Waals surface area contributed by atoms with Crippen LogP contribution in [-0.4, -0.2) is 48.6 Å². The fourth-order valence-corrected chi connectivity index (χ4v) is 4.04. The van der Waals surface area contributed by atoms with Crippen LogP contribution in [-0.2, 0) is 9.59 Å². The van der Waals surface area contributed by atoms with Crippen molar-refractivity contribution in [2.75, 3.05) is 36.1 Å². The summed E-state index contributed by atoms with van der Waals surface area (Å²) in [7, 11) is 0. The van der Waals surface area contributed by atoms with Crippen molar-refractivity contribution in [3.8, 4) is 0 Å². The number of carbonyl (C=O) groups excluding carboxylic acids is 2. The van der Waals surface area contributed by atoms with E-state index in [1.54, 1.807) is 24.3 Å². The van der Waals surface area contributed by atoms with Crippen LogP contribution in [0.4, 0.5) is 11.4 Å². The van der Waals surface area contributed by atoms with Gasteiger partial charge in [0.15, 0.2) is 0 Å². The van der Waals surface area contributed by atoms with Gasteiger partial charge in [0, 0.05) is 54.8 Å². The molecule has 2 amide bonds. The Morgan fingerprint density at radius 2 is 1.60 bits per heavy atom. The number of halogens is 2. The van der Waals surface area contributed by atoms with Gasteiger partial charge in [-0.05, 0) is 48.9 Å². The molecule has 0 aromatic heterocycles. The third-order valence-electron chi connectivity index (χ3n) is 5.43. The van der Waals surface area contributed by atoms with E-state index in [1.165, 1.54) is 5.01 Å². The molecule has 0 N–H and O–H groups in total. The Kier molecular flexibility index (Phi) is 5.97. The molecule has 0 bridgehead atoms. The van der Waals surface area contributed by atoms with Crippen LogP contribution in [0, 0.1) is 6.92 Å². The molecule has 2 heterocycles. The molecular weight excluding hydrogens is 423 g/mol. The van der Waals surface area contributed by atoms with E-state index in [0.717, 1.165) is 24.3 Å². The second-order valence-corrected chi connectivity index (χ2v) is 8.31. The van der Waals surface area contributed by atoms with Crippen molar-refractivity contribution in [3.05, 3.63) is 58.1 Å². The number of hydrazone groups is 1. The predicted molar refractivity (Wildman–Crippen MR) is 121 cm³/mol. The van der Waals surface area contributed by atoms with Crippen LogP contribution < -0.4 is 9.91 Å². The Balaban J connectivity index is 1.46. The maximum absolute atomic E-state index is 13.1. The first-order valence-electron chi connectivity index (χ1n) is 9.89. The first kappa shape index (κ1) is 20.7. The summed E-state index contributed by atoms with van der Waals surface area (Å²) in [5, 5.41) is 6.97. The molecule has 30 heavy (non-hydrogen) atoms. The molecule has 0 aliphatic carbocycles. The average molecular weight is 445 g/mol. The number of nitrogens with zero attached hydrogens (tertiary/aromatic N) is 4. The molecule has 6 nitrogen and oxygen atoms in total. The lowest BCUT2D eigenvalue weighted by Gasteiger charge is -2.37. The molecule has 4 rings (SSSR count). The molecule has 2 aliphatic rings. The summed E-state index contributed by atoms with van der Waals surface area (Å²) < 4.78 is 0. The molecule has 2 aliphatic heterocycles. The number of hydrogen-bond acceptors (Lipinski definition) is 4. The molecule has 0 radical (unpaired) electrons. The summed E-state index contributed by atoms with van der Waals surface area (Å²) in [6, 6.07) is 12.7. The first-order chi connectivity index (χ1) is 14.4. The van der Waals surface area contributed by atoms with Gasteiger partial charge in [0.25, 0.3) is 5.91 Å². The van der Waals surface area contributed by atoms with Crippen LogP contribution in [0.5, 0.6) is 0 Å². The molecule has 2 aromatic carbocycles. The predicted octanol–water partition coefficient (Wildman–Crippen LogP) is 4.13. The molecule has 0 spiro atoms. The number of piperazine rings is 1. The second kappa shape index (κ2) is 8.66. The van der Waals surface area contributed by atoms with E-state index in [0.29, 0.717) is 41.0 Å². The molecule has 2 aromatic rings. The van der Waals surface area contributed by atoms with E-state index in [9.17, 15) is 9.59 Å². The van der Waals surface area contributed by atoms with Gasteiger partial charge >= 0.3 is 0 Å². The number of amides is 2. The van der Waals surface area contributed by atoms with E-state index in [4.69, 9.17) is 23.2 Å². The normalized spacial score (nSPS) is 17.2. The van der Waals surface area contributed by atoms with Gasteiger partial charge < -0.3 is 9.80 Å². The summed E-state index contributed by atoms with van der Waals surface area (Å²) in [4.78, 5) is 29.4. The largest absolute Gasteiger partial charge is 0.368 e. The van der Waals surface area contributed by atoms with Gasteiger partial charge in [-0.3, -0.25) is 9.59 Å². The maximum atomic E-state index is 13.1. The molecule has 0 unspecified atom stereocenters. The molecule has 8 heteroatoms. The van der Waals surface area contributed by atoms with Crippen LogP contribution >= 0.6 is 23.2 Å². The quantitative estimate of drug-likeness (QED) is 0.714. The molecule has 0 atom stereocenters. The van der Waals surface area contributed by atoms with E-state index in [-0.39, 0.29) is 18.2 Å². The fraction of sp³-hybridized carbons (Fsp3) is 0.318. The standard InChI is InChI=1S/C22H22Cl2N4O2/c1-15-2-3-17(24)14-20(15)26-10-12-27(13-11-26)22(30)19-8-9-21(29)28(25-19)18-6-4-16(23)5-7-18/h2-7,14H,8-13H2,1H3. The molecule has 156 valence electrons. The monoisotopic (exact) mass is 444 g/mol. The van der Waals surface area contributed by atoms with Crippen LogP contribution in [0.3, 0.4) is 0 Å². The molecule has 1 fully saturated rings. The zero-order valence-corrected chi connectivity index (χ0v) is 18.2. The van der Waals surface area contributed by atoms with Gasteiger partial charge in [-0.2, -0.15) is 5.10 Å². The van der Waals surface area contributed by atoms with E-state index in [2.05, 4.69) is 16.9 Å². The third-order valence-corrected chi connectivity index (χ3v) is 5.92. The van der Waals surface area contributed by atoms with Crippen molar-refractivity contribution in [2.24, 2.45) is 5.10 Å². The van der Waals surface area contributed by atoms with Crippen molar-refractivity contribution in [3.63, 3.8) is 0 Å². The van der Waals surface area contributed by atoms with E-state index in [1.807, 2.05) is 23.1 Å². The zero-order chi connectivity index (χ0) is 21.3. The van der Waals surface area contributed by atoms with E-state index >= 15 is 0 Å². The van der Waals surface area contributed by atoms with Gasteiger partial charge in [0.05, 0.1) is 5.69 Å². The highest BCUT2D eigenvalue weighted by Crippen LogP contribution is 2.26. The summed E-state index contributed by atoms with van der Waals surface area (Å²) in [6.45, 7) is 4.69.